The summed E-state index contributed by atoms with van der Waals surface area (Å²) < 4.78 is 1.67. The number of aromatic hydroxyl groups is 1. The summed E-state index contributed by atoms with van der Waals surface area (Å²) in [6.07, 6.45) is 5.28. The van der Waals surface area contributed by atoms with Gasteiger partial charge in [0.15, 0.2) is 23.2 Å². The molecule has 2 aromatic heterocycles. The molecule has 2 saturated heterocycles. The molecule has 252 valence electrons. The number of hydrogen-bond donors (Lipinski definition) is 5. The number of phenols is 1. The standard InChI is InChI=1S/C31H28N8O8S2/c32-31-34-21(15-49-31)23(36-47)26(42)35-24-28(44)39-25(30(45)46)18(14-48-29(24)39)10-17-6-9-38(27(17)43)12-16-4-7-37(8-5-16)13-22(41)33-19-2-1-3-20(40)11-19/h1-5,7-8,10-11,15,24,29H,6,9,12-14H2,(H6-,32,33,34,35,40,41,42,45,46,47)/t24-,29-/m1/s1. The largest absolute Gasteiger partial charge is 0.543 e. The van der Waals surface area contributed by atoms with Gasteiger partial charge in [0.1, 0.15) is 22.9 Å². The van der Waals surface area contributed by atoms with Crippen LogP contribution in [0.25, 0.3) is 0 Å². The number of fused-ring (bicyclic) bond motifs is 1. The van der Waals surface area contributed by atoms with Crippen LogP contribution in [-0.2, 0) is 37.1 Å². The summed E-state index contributed by atoms with van der Waals surface area (Å²) in [6, 6.07) is 8.71. The molecule has 6 N–H and O–H groups in total. The number of carboxylic acid groups (broad SMARTS) is 1. The molecule has 18 heteroatoms. The number of hydrogen-bond acceptors (Lipinski definition) is 13. The maximum Gasteiger partial charge on any atom is 0.290 e. The van der Waals surface area contributed by atoms with Crippen molar-refractivity contribution in [3.63, 3.8) is 0 Å². The van der Waals surface area contributed by atoms with Crippen molar-refractivity contribution in [2.45, 2.75) is 30.9 Å². The van der Waals surface area contributed by atoms with E-state index in [1.54, 1.807) is 46.1 Å². The molecule has 0 unspecified atom stereocenters. The van der Waals surface area contributed by atoms with Gasteiger partial charge < -0.3 is 41.5 Å². The van der Waals surface area contributed by atoms with Crippen molar-refractivity contribution in [1.82, 2.24) is 20.1 Å². The van der Waals surface area contributed by atoms with Crippen LogP contribution in [0.3, 0.4) is 0 Å². The Kier molecular flexibility index (Phi) is 9.32. The first-order valence-electron chi connectivity index (χ1n) is 14.7. The molecular formula is C31H28N8O8S2. The van der Waals surface area contributed by atoms with Crippen LogP contribution in [0, 0.1) is 0 Å². The fraction of sp³-hybridized carbons (Fsp3) is 0.226. The normalized spacial score (nSPS) is 19.9. The molecule has 0 spiro atoms. The SMILES string of the molecule is Nc1nc(/C(=N/O)C(=O)N[C@@H]2C(=O)N3C(C(=O)[O-])=C(C=C4CCN(Cc5cc[n+](CC(=O)Nc6cccc(O)c6)cc5)C4=O)CS[C@H]23)cs1. The van der Waals surface area contributed by atoms with Crippen molar-refractivity contribution in [2.75, 3.05) is 23.3 Å². The lowest BCUT2D eigenvalue weighted by Gasteiger charge is -2.50. The third-order valence-corrected chi connectivity index (χ3v) is 9.88. The highest BCUT2D eigenvalue weighted by Crippen LogP contribution is 2.41. The Morgan fingerprint density at radius 1 is 1.20 bits per heavy atom. The Morgan fingerprint density at radius 2 is 1.98 bits per heavy atom. The number of carbonyl (C=O) groups is 5. The number of likely N-dealkylation sites (tertiary alicyclic amines) is 1. The molecule has 0 saturated carbocycles. The summed E-state index contributed by atoms with van der Waals surface area (Å²) in [5, 5.41) is 40.1. The number of nitrogens with zero attached hydrogens (tertiary/aromatic N) is 5. The molecular weight excluding hydrogens is 677 g/mol. The number of oxime groups is 1. The Hall–Kier alpha value is -5.75. The van der Waals surface area contributed by atoms with Crippen LogP contribution in [0.1, 0.15) is 17.7 Å². The first-order chi connectivity index (χ1) is 23.5. The number of aromatic nitrogens is 2. The topological polar surface area (TPSA) is 235 Å². The third kappa shape index (κ3) is 6.95. The minimum Gasteiger partial charge on any atom is -0.543 e. The Bertz CT molecular complexity index is 1960. The van der Waals surface area contributed by atoms with E-state index in [1.807, 2.05) is 0 Å². The summed E-state index contributed by atoms with van der Waals surface area (Å²) >= 11 is 2.23. The number of nitrogens with two attached hydrogens (primary N) is 1. The van der Waals surface area contributed by atoms with Crippen LogP contribution in [0.4, 0.5) is 10.8 Å². The van der Waals surface area contributed by atoms with Crippen molar-refractivity contribution < 1.29 is 44.0 Å². The maximum absolute atomic E-state index is 13.3. The Morgan fingerprint density at radius 3 is 2.65 bits per heavy atom. The maximum atomic E-state index is 13.3. The number of benzene rings is 1. The van der Waals surface area contributed by atoms with E-state index in [4.69, 9.17) is 5.73 Å². The summed E-state index contributed by atoms with van der Waals surface area (Å²) in [7, 11) is 0. The van der Waals surface area contributed by atoms with E-state index < -0.39 is 34.9 Å². The van der Waals surface area contributed by atoms with Crippen molar-refractivity contribution in [3.05, 3.63) is 88.3 Å². The third-order valence-electron chi connectivity index (χ3n) is 7.91. The summed E-state index contributed by atoms with van der Waals surface area (Å²) in [4.78, 5) is 70.3. The predicted molar refractivity (Wildman–Crippen MR) is 173 cm³/mol. The number of β-lactam (4-membered cyclic amide) rings is 1. The molecule has 6 rings (SSSR count). The lowest BCUT2D eigenvalue weighted by molar-refractivity contribution is -0.684. The molecule has 2 fully saturated rings. The van der Waals surface area contributed by atoms with Crippen molar-refractivity contribution in [3.8, 4) is 5.75 Å². The molecule has 1 aromatic carbocycles. The van der Waals surface area contributed by atoms with Crippen LogP contribution in [0.2, 0.25) is 0 Å². The van der Waals surface area contributed by atoms with Gasteiger partial charge in [-0.05, 0) is 35.8 Å². The minimum atomic E-state index is -1.60. The second-order valence-electron chi connectivity index (χ2n) is 11.2. The number of anilines is 2. The van der Waals surface area contributed by atoms with Gasteiger partial charge in [-0.2, -0.15) is 4.57 Å². The highest BCUT2D eigenvalue weighted by molar-refractivity contribution is 8.00. The van der Waals surface area contributed by atoms with Crippen molar-refractivity contribution >= 4 is 69.2 Å². The van der Waals surface area contributed by atoms with E-state index in [1.165, 1.54) is 35.4 Å². The number of nitrogen functional groups attached to an aromatic ring is 1. The number of rotatable bonds is 10. The van der Waals surface area contributed by atoms with E-state index in [2.05, 4.69) is 20.8 Å². The van der Waals surface area contributed by atoms with Gasteiger partial charge in [-0.3, -0.25) is 24.1 Å². The van der Waals surface area contributed by atoms with E-state index in [0.29, 0.717) is 24.2 Å². The number of carboxylic acids is 1. The Balaban J connectivity index is 1.08. The fourth-order valence-corrected chi connectivity index (χ4v) is 7.45. The number of amides is 4. The second-order valence-corrected chi connectivity index (χ2v) is 13.2. The smallest absolute Gasteiger partial charge is 0.290 e. The van der Waals surface area contributed by atoms with Gasteiger partial charge >= 0.3 is 0 Å². The van der Waals surface area contributed by atoms with Gasteiger partial charge in [-0.1, -0.05) is 11.2 Å². The van der Waals surface area contributed by atoms with Gasteiger partial charge in [0.25, 0.3) is 17.7 Å². The summed E-state index contributed by atoms with van der Waals surface area (Å²) in [5.41, 5.74) is 6.69. The fourth-order valence-electron chi connectivity index (χ4n) is 5.59. The monoisotopic (exact) mass is 704 g/mol. The van der Waals surface area contributed by atoms with Crippen LogP contribution < -0.4 is 26.0 Å². The molecule has 4 amide bonds. The van der Waals surface area contributed by atoms with Gasteiger partial charge in [0.2, 0.25) is 12.5 Å². The van der Waals surface area contributed by atoms with Crippen molar-refractivity contribution in [1.29, 1.82) is 0 Å². The van der Waals surface area contributed by atoms with Crippen molar-refractivity contribution in [2.24, 2.45) is 5.16 Å². The highest BCUT2D eigenvalue weighted by Gasteiger charge is 2.53. The number of phenolic OH excluding ortho intramolecular Hbond substituents is 1. The number of thiazole rings is 1. The first-order valence-corrected chi connectivity index (χ1v) is 16.7. The molecule has 49 heavy (non-hydrogen) atoms. The molecule has 3 aliphatic rings. The van der Waals surface area contributed by atoms with E-state index in [0.717, 1.165) is 21.8 Å². The molecule has 0 bridgehead atoms. The van der Waals surface area contributed by atoms with Crippen LogP contribution in [-0.4, -0.2) is 84.1 Å². The summed E-state index contributed by atoms with van der Waals surface area (Å²) in [5.74, 6) is -3.58. The molecule has 16 nitrogen and oxygen atoms in total. The van der Waals surface area contributed by atoms with E-state index in [-0.39, 0.29) is 58.5 Å². The quantitative estimate of drug-likeness (QED) is 0.0442. The zero-order chi connectivity index (χ0) is 34.8. The molecule has 2 atom stereocenters. The van der Waals surface area contributed by atoms with Crippen LogP contribution in [0.5, 0.6) is 5.75 Å². The Labute approximate surface area is 286 Å². The number of carbonyl (C=O) groups excluding carboxylic acids is 5. The van der Waals surface area contributed by atoms with Gasteiger partial charge in [0.05, 0.1) is 11.7 Å². The second kappa shape index (κ2) is 13.8. The molecule has 3 aliphatic heterocycles. The van der Waals surface area contributed by atoms with Gasteiger partial charge in [-0.15, -0.1) is 23.1 Å². The van der Waals surface area contributed by atoms with Crippen LogP contribution >= 0.6 is 23.1 Å². The first kappa shape index (κ1) is 33.2. The molecule has 5 heterocycles. The van der Waals surface area contributed by atoms with E-state index >= 15 is 0 Å². The lowest BCUT2D eigenvalue weighted by atomic mass is 10.0. The average molecular weight is 705 g/mol. The molecule has 3 aromatic rings. The number of pyridine rings is 1. The van der Waals surface area contributed by atoms with E-state index in [9.17, 15) is 39.4 Å². The van der Waals surface area contributed by atoms with Gasteiger partial charge in [0, 0.05) is 53.7 Å². The molecule has 0 radical (unpaired) electrons. The number of aliphatic carboxylic acids is 1. The molecule has 0 aliphatic carbocycles. The predicted octanol–water partition coefficient (Wildman–Crippen LogP) is -0.702. The summed E-state index contributed by atoms with van der Waals surface area (Å²) in [6.45, 7) is 0.715. The lowest BCUT2D eigenvalue weighted by Crippen LogP contribution is -2.71. The number of thioether (sulfide) groups is 1. The highest BCUT2D eigenvalue weighted by atomic mass is 32.2. The number of allylic oxidation sites excluding steroid dienone is 1. The van der Waals surface area contributed by atoms with Crippen LogP contribution in [0.15, 0.2) is 82.2 Å². The average Bonchev–Trinajstić information content (AvgIpc) is 3.65. The number of nitrogens with one attached hydrogen (secondary N) is 2. The minimum absolute atomic E-state index is 0.0181. The zero-order valence-corrected chi connectivity index (χ0v) is 27.1. The van der Waals surface area contributed by atoms with Gasteiger partial charge in [-0.25, -0.2) is 4.98 Å². The zero-order valence-electron chi connectivity index (χ0n) is 25.4.